The van der Waals surface area contributed by atoms with Gasteiger partial charge in [-0.25, -0.2) is 0 Å². The van der Waals surface area contributed by atoms with E-state index in [1.807, 2.05) is 27.2 Å². The van der Waals surface area contributed by atoms with Crippen molar-refractivity contribution in [3.63, 3.8) is 0 Å². The Morgan fingerprint density at radius 3 is 1.19 bits per heavy atom. The number of aliphatic hydroxyl groups is 1. The average Bonchev–Trinajstić information content (AvgIpc) is 3.41. The molecule has 0 aliphatic carbocycles. The van der Waals surface area contributed by atoms with E-state index in [2.05, 4.69) is 129 Å². The highest BCUT2D eigenvalue weighted by Gasteiger charge is 2.23. The maximum Gasteiger partial charge on any atom is 0.268 e. The summed E-state index contributed by atoms with van der Waals surface area (Å²) in [5, 5.41) is 13.9. The number of nitrogens with one attached hydrogen (secondary N) is 1. The average molecular weight is 1110 g/mol. The first-order valence-electron chi connectivity index (χ1n) is 31.9. The topological polar surface area (TPSA) is 108 Å². The molecular formula is C69H121N2O6P. The molecule has 0 aromatic rings. The Bertz CT molecular complexity index is 1680. The second-order valence-corrected chi connectivity index (χ2v) is 23.8. The van der Waals surface area contributed by atoms with Crippen LogP contribution in [0, 0.1) is 0 Å². The van der Waals surface area contributed by atoms with Crippen LogP contribution in [0.25, 0.3) is 0 Å². The maximum atomic E-state index is 13.0. The molecule has 0 bridgehead atoms. The molecule has 78 heavy (non-hydrogen) atoms. The SMILES string of the molecule is CC/C=C\C/C=C\C/C=C\C/C=C\C/C=C\C/C=C\C/C=C\C/C=C\CCCCCCCCCCC(=O)NC(COP(=O)([O-])OCC[N+](C)(C)C)C(O)/C=C/CC/C=C/CCCCCCCCCCCCCCCCCCC. The summed E-state index contributed by atoms with van der Waals surface area (Å²) in [7, 11) is 1.22. The number of hydrogen-bond acceptors (Lipinski definition) is 6. The summed E-state index contributed by atoms with van der Waals surface area (Å²) in [4.78, 5) is 25.6. The molecule has 0 saturated heterocycles. The molecule has 0 aromatic heterocycles. The van der Waals surface area contributed by atoms with Crippen LogP contribution in [0.4, 0.5) is 0 Å². The fraction of sp³-hybridized carbons (Fsp3) is 0.696. The van der Waals surface area contributed by atoms with Gasteiger partial charge in [-0.2, -0.15) is 0 Å². The van der Waals surface area contributed by atoms with E-state index in [9.17, 15) is 19.4 Å². The van der Waals surface area contributed by atoms with Crippen LogP contribution in [-0.4, -0.2) is 68.5 Å². The molecule has 0 fully saturated rings. The number of nitrogens with zero attached hydrogens (tertiary/aromatic N) is 1. The van der Waals surface area contributed by atoms with E-state index in [0.29, 0.717) is 17.4 Å². The van der Waals surface area contributed by atoms with Crippen molar-refractivity contribution in [2.45, 2.75) is 270 Å². The van der Waals surface area contributed by atoms with Crippen molar-refractivity contribution in [1.29, 1.82) is 0 Å². The quantitative estimate of drug-likeness (QED) is 0.0272. The number of rotatable bonds is 57. The zero-order valence-electron chi connectivity index (χ0n) is 51.1. The van der Waals surface area contributed by atoms with Crippen LogP contribution in [-0.2, 0) is 18.4 Å². The van der Waals surface area contributed by atoms with Gasteiger partial charge in [0.2, 0.25) is 5.91 Å². The van der Waals surface area contributed by atoms with Gasteiger partial charge in [-0.3, -0.25) is 9.36 Å². The van der Waals surface area contributed by atoms with Gasteiger partial charge in [0.1, 0.15) is 13.2 Å². The molecule has 0 radical (unpaired) electrons. The van der Waals surface area contributed by atoms with E-state index in [-0.39, 0.29) is 12.5 Å². The molecule has 8 nitrogen and oxygen atoms in total. The molecule has 448 valence electrons. The fourth-order valence-corrected chi connectivity index (χ4v) is 9.44. The van der Waals surface area contributed by atoms with Crippen LogP contribution >= 0.6 is 7.82 Å². The van der Waals surface area contributed by atoms with Crippen molar-refractivity contribution in [2.75, 3.05) is 40.9 Å². The lowest BCUT2D eigenvalue weighted by Gasteiger charge is -2.29. The first-order chi connectivity index (χ1) is 38.0. The zero-order valence-corrected chi connectivity index (χ0v) is 52.0. The summed E-state index contributed by atoms with van der Waals surface area (Å²) in [5.74, 6) is -0.219. The Morgan fingerprint density at radius 1 is 0.462 bits per heavy atom. The van der Waals surface area contributed by atoms with Gasteiger partial charge in [0, 0.05) is 6.42 Å². The summed E-state index contributed by atoms with van der Waals surface area (Å²) >= 11 is 0. The minimum absolute atomic E-state index is 0.0140. The molecule has 0 heterocycles. The lowest BCUT2D eigenvalue weighted by atomic mass is 10.0. The van der Waals surface area contributed by atoms with Crippen molar-refractivity contribution in [1.82, 2.24) is 5.32 Å². The number of likely N-dealkylation sites (N-methyl/N-ethyl adjacent to an activating group) is 1. The third-order valence-corrected chi connectivity index (χ3v) is 14.6. The molecule has 0 rings (SSSR count). The largest absolute Gasteiger partial charge is 0.756 e. The Labute approximate surface area is 482 Å². The second kappa shape index (κ2) is 58.6. The van der Waals surface area contributed by atoms with E-state index in [1.165, 1.54) is 135 Å². The van der Waals surface area contributed by atoms with Gasteiger partial charge in [0.05, 0.1) is 39.9 Å². The van der Waals surface area contributed by atoms with E-state index in [4.69, 9.17) is 9.05 Å². The molecule has 0 saturated carbocycles. The minimum atomic E-state index is -4.62. The normalized spacial score (nSPS) is 14.6. The molecule has 1 amide bonds. The number of carbonyl (C=O) groups excluding carboxylic acids is 1. The molecule has 0 aromatic carbocycles. The van der Waals surface area contributed by atoms with E-state index in [1.54, 1.807) is 6.08 Å². The Morgan fingerprint density at radius 2 is 0.795 bits per heavy atom. The Balaban J connectivity index is 4.24. The lowest BCUT2D eigenvalue weighted by Crippen LogP contribution is -2.45. The predicted octanol–water partition coefficient (Wildman–Crippen LogP) is 19.5. The first kappa shape index (κ1) is 74.9. The Kier molecular flexibility index (Phi) is 56.2. The molecule has 0 spiro atoms. The van der Waals surface area contributed by atoms with Gasteiger partial charge in [0.25, 0.3) is 7.82 Å². The van der Waals surface area contributed by atoms with Gasteiger partial charge in [-0.1, -0.05) is 277 Å². The molecule has 0 aliphatic rings. The summed E-state index contributed by atoms with van der Waals surface area (Å²) in [6.45, 7) is 4.51. The van der Waals surface area contributed by atoms with Crippen LogP contribution in [0.5, 0.6) is 0 Å². The summed E-state index contributed by atoms with van der Waals surface area (Å²) in [5.41, 5.74) is 0. The number of phosphoric acid groups is 1. The highest BCUT2D eigenvalue weighted by molar-refractivity contribution is 7.45. The number of phosphoric ester groups is 1. The monoisotopic (exact) mass is 1100 g/mol. The van der Waals surface area contributed by atoms with Crippen molar-refractivity contribution in [3.8, 4) is 0 Å². The van der Waals surface area contributed by atoms with E-state index < -0.39 is 26.6 Å². The smallest absolute Gasteiger partial charge is 0.268 e. The third-order valence-electron chi connectivity index (χ3n) is 13.7. The highest BCUT2D eigenvalue weighted by Crippen LogP contribution is 2.38. The molecular weight excluding hydrogens is 984 g/mol. The standard InChI is InChI=1S/C69H121N2O6P/c1-6-8-10-12-14-16-18-20-22-24-26-28-30-31-32-33-34-35-36-37-38-39-41-43-45-47-49-51-53-55-57-59-61-63-69(73)70-67(66-77-78(74,75)76-65-64-71(3,4)5)68(72)62-60-58-56-54-52-50-48-46-44-42-40-29-27-25-23-21-19-17-15-13-11-9-7-2/h8,10,14,16,20,22,26,28,31-32,34-35,37-38,41,43,52,54,60,62,67-68,72H,6-7,9,11-13,15,17-19,21,23-25,27,29-30,33,36,39-40,42,44-51,53,55-59,61,63-66H2,1-5H3,(H-,70,73,74,75)/b10-8-,16-14-,22-20-,28-26-,32-31-,35-34-,38-37-,43-41-,54-52+,62-60+. The van der Waals surface area contributed by atoms with Gasteiger partial charge < -0.3 is 28.8 Å². The number of hydrogen-bond donors (Lipinski definition) is 2. The van der Waals surface area contributed by atoms with Gasteiger partial charge in [-0.15, -0.1) is 0 Å². The number of amides is 1. The first-order valence-corrected chi connectivity index (χ1v) is 33.4. The van der Waals surface area contributed by atoms with Crippen molar-refractivity contribution >= 4 is 13.7 Å². The molecule has 0 aliphatic heterocycles. The summed E-state index contributed by atoms with van der Waals surface area (Å²) < 4.78 is 23.4. The maximum absolute atomic E-state index is 13.0. The number of aliphatic hydroxyl groups excluding tert-OH is 1. The van der Waals surface area contributed by atoms with Crippen molar-refractivity contribution in [3.05, 3.63) is 122 Å². The summed E-state index contributed by atoms with van der Waals surface area (Å²) in [6.07, 6.45) is 87.2. The number of allylic oxidation sites excluding steroid dienone is 19. The third kappa shape index (κ3) is 60.5. The van der Waals surface area contributed by atoms with E-state index in [0.717, 1.165) is 103 Å². The number of quaternary nitrogens is 1. The minimum Gasteiger partial charge on any atom is -0.756 e. The van der Waals surface area contributed by atoms with Crippen LogP contribution in [0.2, 0.25) is 0 Å². The second-order valence-electron chi connectivity index (χ2n) is 22.4. The van der Waals surface area contributed by atoms with Crippen LogP contribution in [0.15, 0.2) is 122 Å². The van der Waals surface area contributed by atoms with E-state index >= 15 is 0 Å². The fourth-order valence-electron chi connectivity index (χ4n) is 8.71. The zero-order chi connectivity index (χ0) is 57.0. The number of carbonyl (C=O) groups is 1. The Hall–Kier alpha value is -3.10. The highest BCUT2D eigenvalue weighted by atomic mass is 31.2. The van der Waals surface area contributed by atoms with Gasteiger partial charge >= 0.3 is 0 Å². The predicted molar refractivity (Wildman–Crippen MR) is 339 cm³/mol. The van der Waals surface area contributed by atoms with Crippen molar-refractivity contribution in [2.24, 2.45) is 0 Å². The van der Waals surface area contributed by atoms with Crippen LogP contribution in [0.1, 0.15) is 258 Å². The molecule has 3 atom stereocenters. The summed E-state index contributed by atoms with van der Waals surface area (Å²) in [6, 6.07) is -0.918. The molecule has 3 unspecified atom stereocenters. The van der Waals surface area contributed by atoms with Gasteiger partial charge in [-0.05, 0) is 96.3 Å². The molecule has 2 N–H and O–H groups in total. The van der Waals surface area contributed by atoms with Gasteiger partial charge in [0.15, 0.2) is 0 Å². The van der Waals surface area contributed by atoms with Crippen LogP contribution in [0.3, 0.4) is 0 Å². The number of unbranched alkanes of at least 4 members (excludes halogenated alkanes) is 26. The van der Waals surface area contributed by atoms with Crippen molar-refractivity contribution < 1.29 is 32.9 Å². The lowest BCUT2D eigenvalue weighted by molar-refractivity contribution is -0.870. The molecule has 9 heteroatoms. The van der Waals surface area contributed by atoms with Crippen LogP contribution < -0.4 is 10.2 Å².